The lowest BCUT2D eigenvalue weighted by Gasteiger charge is -2.25. The zero-order valence-corrected chi connectivity index (χ0v) is 15.6. The molecule has 0 fully saturated rings. The number of hydrogen-bond donors (Lipinski definition) is 1. The maximum absolute atomic E-state index is 12.6. The van der Waals surface area contributed by atoms with E-state index in [9.17, 15) is 8.42 Å². The Morgan fingerprint density at radius 2 is 2.00 bits per heavy atom. The van der Waals surface area contributed by atoms with Crippen LogP contribution < -0.4 is 4.72 Å². The SMILES string of the molecule is N#CCCn1c2c(c3ccccc31)CC(NS(=O)(=O)c1ccncc1)CC2. The van der Waals surface area contributed by atoms with E-state index in [1.54, 1.807) is 0 Å². The van der Waals surface area contributed by atoms with Crippen molar-refractivity contribution in [3.63, 3.8) is 0 Å². The maximum atomic E-state index is 12.6. The first-order chi connectivity index (χ1) is 13.1. The minimum absolute atomic E-state index is 0.147. The minimum Gasteiger partial charge on any atom is -0.343 e. The van der Waals surface area contributed by atoms with E-state index in [0.717, 1.165) is 23.7 Å². The molecule has 27 heavy (non-hydrogen) atoms. The molecule has 0 radical (unpaired) electrons. The van der Waals surface area contributed by atoms with Crippen molar-refractivity contribution in [2.45, 2.75) is 43.2 Å². The summed E-state index contributed by atoms with van der Waals surface area (Å²) >= 11 is 0. The summed E-state index contributed by atoms with van der Waals surface area (Å²) in [5, 5.41) is 10.1. The molecule has 0 spiro atoms. The molecule has 0 saturated heterocycles. The molecule has 138 valence electrons. The summed E-state index contributed by atoms with van der Waals surface area (Å²) in [6, 6.07) is 13.2. The van der Waals surface area contributed by atoms with Crippen LogP contribution in [0.3, 0.4) is 0 Å². The number of hydrogen-bond acceptors (Lipinski definition) is 4. The summed E-state index contributed by atoms with van der Waals surface area (Å²) in [5.41, 5.74) is 3.54. The van der Waals surface area contributed by atoms with Crippen LogP contribution in [-0.2, 0) is 29.4 Å². The Balaban J connectivity index is 1.65. The topological polar surface area (TPSA) is 87.8 Å². The van der Waals surface area contributed by atoms with Gasteiger partial charge in [-0.05, 0) is 43.0 Å². The van der Waals surface area contributed by atoms with E-state index in [-0.39, 0.29) is 10.9 Å². The molecule has 6 nitrogen and oxygen atoms in total. The number of nitriles is 1. The van der Waals surface area contributed by atoms with Gasteiger partial charge in [-0.2, -0.15) is 5.26 Å². The van der Waals surface area contributed by atoms with Crippen LogP contribution in [0.15, 0.2) is 53.7 Å². The number of aryl methyl sites for hydroxylation is 1. The first-order valence-electron chi connectivity index (χ1n) is 8.98. The highest BCUT2D eigenvalue weighted by Gasteiger charge is 2.28. The van der Waals surface area contributed by atoms with Gasteiger partial charge in [-0.25, -0.2) is 13.1 Å². The molecule has 0 amide bonds. The molecule has 1 unspecified atom stereocenters. The third kappa shape index (κ3) is 3.34. The van der Waals surface area contributed by atoms with Gasteiger partial charge >= 0.3 is 0 Å². The van der Waals surface area contributed by atoms with Crippen LogP contribution >= 0.6 is 0 Å². The number of fused-ring (bicyclic) bond motifs is 3. The average Bonchev–Trinajstić information content (AvgIpc) is 3.00. The third-order valence-electron chi connectivity index (χ3n) is 5.10. The number of pyridine rings is 1. The third-order valence-corrected chi connectivity index (χ3v) is 6.64. The molecule has 1 aliphatic carbocycles. The van der Waals surface area contributed by atoms with Gasteiger partial charge in [0, 0.05) is 41.6 Å². The number of benzene rings is 1. The van der Waals surface area contributed by atoms with Gasteiger partial charge in [-0.1, -0.05) is 18.2 Å². The fourth-order valence-electron chi connectivity index (χ4n) is 3.92. The van der Waals surface area contributed by atoms with Gasteiger partial charge in [0.05, 0.1) is 17.4 Å². The van der Waals surface area contributed by atoms with Crippen molar-refractivity contribution >= 4 is 20.9 Å². The molecular weight excluding hydrogens is 360 g/mol. The monoisotopic (exact) mass is 380 g/mol. The second-order valence-corrected chi connectivity index (χ2v) is 8.46. The quantitative estimate of drug-likeness (QED) is 0.737. The Hall–Kier alpha value is -2.69. The average molecular weight is 380 g/mol. The second-order valence-electron chi connectivity index (χ2n) is 6.75. The van der Waals surface area contributed by atoms with Gasteiger partial charge in [0.2, 0.25) is 10.0 Å². The normalized spacial score (nSPS) is 16.8. The molecular formula is C20H20N4O2S. The summed E-state index contributed by atoms with van der Waals surface area (Å²) in [7, 11) is -3.56. The highest BCUT2D eigenvalue weighted by molar-refractivity contribution is 7.89. The molecule has 1 aliphatic rings. The van der Waals surface area contributed by atoms with Gasteiger partial charge in [0.25, 0.3) is 0 Å². The van der Waals surface area contributed by atoms with Crippen molar-refractivity contribution in [1.82, 2.24) is 14.3 Å². The van der Waals surface area contributed by atoms with Gasteiger partial charge in [0.15, 0.2) is 0 Å². The van der Waals surface area contributed by atoms with Crippen LogP contribution in [0.25, 0.3) is 10.9 Å². The Morgan fingerprint density at radius 3 is 2.78 bits per heavy atom. The molecule has 1 aromatic carbocycles. The molecule has 4 rings (SSSR count). The highest BCUT2D eigenvalue weighted by Crippen LogP contribution is 2.33. The van der Waals surface area contributed by atoms with Crippen LogP contribution in [0.1, 0.15) is 24.1 Å². The molecule has 0 saturated carbocycles. The van der Waals surface area contributed by atoms with E-state index in [2.05, 4.69) is 32.5 Å². The highest BCUT2D eigenvalue weighted by atomic mass is 32.2. The summed E-state index contributed by atoms with van der Waals surface area (Å²) in [4.78, 5) is 4.11. The number of nitrogens with zero attached hydrogens (tertiary/aromatic N) is 3. The van der Waals surface area contributed by atoms with Gasteiger partial charge in [-0.15, -0.1) is 0 Å². The van der Waals surface area contributed by atoms with E-state index in [1.165, 1.54) is 35.8 Å². The molecule has 1 atom stereocenters. The Labute approximate surface area is 158 Å². The molecule has 0 bridgehead atoms. The van der Waals surface area contributed by atoms with Crippen molar-refractivity contribution in [3.05, 3.63) is 60.0 Å². The first kappa shape index (κ1) is 17.7. The summed E-state index contributed by atoms with van der Waals surface area (Å²) in [5.74, 6) is 0. The van der Waals surface area contributed by atoms with Crippen LogP contribution in [0.4, 0.5) is 0 Å². The number of aromatic nitrogens is 2. The van der Waals surface area contributed by atoms with E-state index in [1.807, 2.05) is 12.1 Å². The van der Waals surface area contributed by atoms with Gasteiger partial charge in [0.1, 0.15) is 0 Å². The lowest BCUT2D eigenvalue weighted by atomic mass is 9.92. The Morgan fingerprint density at radius 1 is 1.22 bits per heavy atom. The molecule has 3 aromatic rings. The van der Waals surface area contributed by atoms with Gasteiger partial charge in [-0.3, -0.25) is 4.98 Å². The van der Waals surface area contributed by atoms with Crippen molar-refractivity contribution in [1.29, 1.82) is 5.26 Å². The molecule has 2 heterocycles. The van der Waals surface area contributed by atoms with E-state index in [4.69, 9.17) is 5.26 Å². The number of para-hydroxylation sites is 1. The number of nitrogens with one attached hydrogen (secondary N) is 1. The van der Waals surface area contributed by atoms with Crippen molar-refractivity contribution in [2.75, 3.05) is 0 Å². The fourth-order valence-corrected chi connectivity index (χ4v) is 5.18. The van der Waals surface area contributed by atoms with E-state index in [0.29, 0.717) is 19.4 Å². The van der Waals surface area contributed by atoms with Crippen molar-refractivity contribution in [3.8, 4) is 6.07 Å². The first-order valence-corrected chi connectivity index (χ1v) is 10.5. The smallest absolute Gasteiger partial charge is 0.240 e. The van der Waals surface area contributed by atoms with E-state index >= 15 is 0 Å². The molecule has 1 N–H and O–H groups in total. The number of rotatable bonds is 5. The minimum atomic E-state index is -3.56. The van der Waals surface area contributed by atoms with Crippen molar-refractivity contribution < 1.29 is 8.42 Å². The lowest BCUT2D eigenvalue weighted by Crippen LogP contribution is -2.39. The zero-order valence-electron chi connectivity index (χ0n) is 14.8. The predicted octanol–water partition coefficient (Wildman–Crippen LogP) is 2.79. The van der Waals surface area contributed by atoms with E-state index < -0.39 is 10.0 Å². The molecule has 7 heteroatoms. The maximum Gasteiger partial charge on any atom is 0.240 e. The summed E-state index contributed by atoms with van der Waals surface area (Å²) in [6.45, 7) is 0.666. The van der Waals surface area contributed by atoms with Crippen molar-refractivity contribution in [2.24, 2.45) is 0 Å². The van der Waals surface area contributed by atoms with Crippen LogP contribution in [0.2, 0.25) is 0 Å². The zero-order chi connectivity index (χ0) is 18.9. The Bertz CT molecular complexity index is 1110. The van der Waals surface area contributed by atoms with Gasteiger partial charge < -0.3 is 4.57 Å². The molecule has 0 aliphatic heterocycles. The second kappa shape index (κ2) is 7.14. The largest absolute Gasteiger partial charge is 0.343 e. The standard InChI is InChI=1S/C20H20N4O2S/c21-10-3-13-24-19-5-2-1-4-17(19)18-14-15(6-7-20(18)24)23-27(25,26)16-8-11-22-12-9-16/h1-2,4-5,8-9,11-12,15,23H,3,6-7,13-14H2. The lowest BCUT2D eigenvalue weighted by molar-refractivity contribution is 0.496. The van der Waals surface area contributed by atoms with Crippen LogP contribution in [0.5, 0.6) is 0 Å². The summed E-state index contributed by atoms with van der Waals surface area (Å²) in [6.07, 6.45) is 5.61. The predicted molar refractivity (Wildman–Crippen MR) is 103 cm³/mol. The summed E-state index contributed by atoms with van der Waals surface area (Å²) < 4.78 is 30.4. The number of sulfonamides is 1. The van der Waals surface area contributed by atoms with Crippen LogP contribution in [-0.4, -0.2) is 24.0 Å². The molecule has 2 aromatic heterocycles. The van der Waals surface area contributed by atoms with Crippen LogP contribution in [0, 0.1) is 11.3 Å². The fraction of sp³-hybridized carbons (Fsp3) is 0.300. The Kier molecular flexibility index (Phi) is 4.68.